The number of hydrogen-bond donors (Lipinski definition) is 0. The highest BCUT2D eigenvalue weighted by atomic mass is 16.4. The molecule has 2 aromatic heterocycles. The van der Waals surface area contributed by atoms with Crippen LogP contribution in [0.25, 0.3) is 22.1 Å². The number of nitrogens with zero attached hydrogens (tertiary/aromatic N) is 2. The maximum Gasteiger partial charge on any atom is 0.344 e. The monoisotopic (exact) mass is 346 g/mol. The van der Waals surface area contributed by atoms with E-state index in [2.05, 4.69) is 29.8 Å². The van der Waals surface area contributed by atoms with Crippen LogP contribution in [0.1, 0.15) is 49.7 Å². The molecule has 0 fully saturated rings. The first-order valence-corrected chi connectivity index (χ1v) is 9.43. The van der Waals surface area contributed by atoms with Gasteiger partial charge < -0.3 is 9.32 Å². The van der Waals surface area contributed by atoms with Gasteiger partial charge in [-0.15, -0.1) is 0 Å². The van der Waals surface area contributed by atoms with Gasteiger partial charge in [0.1, 0.15) is 5.58 Å². The van der Waals surface area contributed by atoms with E-state index in [-0.39, 0.29) is 5.63 Å². The minimum atomic E-state index is -0.270. The van der Waals surface area contributed by atoms with Gasteiger partial charge in [0.05, 0.1) is 5.56 Å². The number of benzene rings is 1. The van der Waals surface area contributed by atoms with E-state index in [9.17, 15) is 4.79 Å². The standard InChI is InChI=1S/C22H22N2O2/c1-13-5-9-24-10-6-14(2)19-20(24)17(13)11-16-12-18(22(25)26-21(16)19)15-3-7-23-8-4-15/h3-4,7-8,11-14H,5-6,9-10H2,1-2H3. The summed E-state index contributed by atoms with van der Waals surface area (Å²) in [6.07, 6.45) is 5.70. The Hall–Kier alpha value is -2.62. The van der Waals surface area contributed by atoms with Gasteiger partial charge in [0, 0.05) is 42.1 Å². The molecule has 0 radical (unpaired) electrons. The first-order chi connectivity index (χ1) is 12.6. The molecule has 26 heavy (non-hydrogen) atoms. The molecule has 2 unspecified atom stereocenters. The zero-order chi connectivity index (χ0) is 17.8. The fourth-order valence-corrected chi connectivity index (χ4v) is 4.56. The van der Waals surface area contributed by atoms with Crippen LogP contribution in [0.4, 0.5) is 5.69 Å². The Morgan fingerprint density at radius 1 is 1.08 bits per heavy atom. The van der Waals surface area contributed by atoms with Crippen molar-refractivity contribution in [1.82, 2.24) is 4.98 Å². The summed E-state index contributed by atoms with van der Waals surface area (Å²) in [5.41, 5.74) is 5.93. The van der Waals surface area contributed by atoms with E-state index >= 15 is 0 Å². The summed E-state index contributed by atoms with van der Waals surface area (Å²) in [6, 6.07) is 7.96. The van der Waals surface area contributed by atoms with E-state index in [4.69, 9.17) is 4.42 Å². The highest BCUT2D eigenvalue weighted by Gasteiger charge is 2.33. The van der Waals surface area contributed by atoms with Gasteiger partial charge in [0.2, 0.25) is 0 Å². The largest absolute Gasteiger partial charge is 0.422 e. The average Bonchev–Trinajstić information content (AvgIpc) is 2.66. The number of rotatable bonds is 1. The quantitative estimate of drug-likeness (QED) is 0.601. The molecule has 4 nitrogen and oxygen atoms in total. The predicted molar refractivity (Wildman–Crippen MR) is 104 cm³/mol. The molecular formula is C22H22N2O2. The summed E-state index contributed by atoms with van der Waals surface area (Å²) in [6.45, 7) is 6.75. The average molecular weight is 346 g/mol. The number of anilines is 1. The second kappa shape index (κ2) is 5.70. The Labute approximate surface area is 152 Å². The lowest BCUT2D eigenvalue weighted by atomic mass is 9.81. The Kier molecular flexibility index (Phi) is 3.42. The van der Waals surface area contributed by atoms with E-state index in [0.29, 0.717) is 17.4 Å². The molecule has 0 bridgehead atoms. The van der Waals surface area contributed by atoms with E-state index in [1.54, 1.807) is 12.4 Å². The van der Waals surface area contributed by atoms with E-state index in [0.717, 1.165) is 36.0 Å². The third-order valence-corrected chi connectivity index (χ3v) is 6.06. The Morgan fingerprint density at radius 3 is 2.58 bits per heavy atom. The van der Waals surface area contributed by atoms with Crippen molar-refractivity contribution in [3.05, 3.63) is 58.2 Å². The van der Waals surface area contributed by atoms with Crippen molar-refractivity contribution in [3.63, 3.8) is 0 Å². The molecule has 1 aromatic carbocycles. The summed E-state index contributed by atoms with van der Waals surface area (Å²) < 4.78 is 5.92. The van der Waals surface area contributed by atoms with Crippen LogP contribution < -0.4 is 10.5 Å². The van der Waals surface area contributed by atoms with Crippen molar-refractivity contribution in [2.45, 2.75) is 38.5 Å². The zero-order valence-electron chi connectivity index (χ0n) is 15.2. The molecule has 2 atom stereocenters. The molecular weight excluding hydrogens is 324 g/mol. The maximum atomic E-state index is 12.7. The van der Waals surface area contributed by atoms with Gasteiger partial charge in [-0.3, -0.25) is 4.98 Å². The highest BCUT2D eigenvalue weighted by Crippen LogP contribution is 2.47. The molecule has 2 aliphatic heterocycles. The van der Waals surface area contributed by atoms with Crippen molar-refractivity contribution < 1.29 is 4.42 Å². The first-order valence-electron chi connectivity index (χ1n) is 9.43. The van der Waals surface area contributed by atoms with E-state index < -0.39 is 0 Å². The second-order valence-corrected chi connectivity index (χ2v) is 7.70. The van der Waals surface area contributed by atoms with Crippen LogP contribution in [-0.4, -0.2) is 18.1 Å². The lowest BCUT2D eigenvalue weighted by Crippen LogP contribution is -2.36. The fraction of sp³-hybridized carbons (Fsp3) is 0.364. The lowest BCUT2D eigenvalue weighted by Gasteiger charge is -2.41. The van der Waals surface area contributed by atoms with Gasteiger partial charge in [0.25, 0.3) is 0 Å². The summed E-state index contributed by atoms with van der Waals surface area (Å²) in [4.78, 5) is 19.3. The van der Waals surface area contributed by atoms with Crippen molar-refractivity contribution in [2.75, 3.05) is 18.0 Å². The topological polar surface area (TPSA) is 46.3 Å². The zero-order valence-corrected chi connectivity index (χ0v) is 15.2. The van der Waals surface area contributed by atoms with Gasteiger partial charge in [-0.2, -0.15) is 0 Å². The minimum absolute atomic E-state index is 0.270. The summed E-state index contributed by atoms with van der Waals surface area (Å²) in [7, 11) is 0. The Balaban J connectivity index is 1.84. The number of hydrogen-bond acceptors (Lipinski definition) is 4. The van der Waals surface area contributed by atoms with Gasteiger partial charge in [-0.1, -0.05) is 13.8 Å². The predicted octanol–water partition coefficient (Wildman–Crippen LogP) is 4.68. The van der Waals surface area contributed by atoms with Gasteiger partial charge >= 0.3 is 5.63 Å². The SMILES string of the molecule is CC1CCN2CCC(C)c3c2c1cc1cc(-c2ccncc2)c(=O)oc31. The van der Waals surface area contributed by atoms with Crippen molar-refractivity contribution >= 4 is 16.7 Å². The number of aromatic nitrogens is 1. The van der Waals surface area contributed by atoms with E-state index in [1.165, 1.54) is 23.2 Å². The molecule has 132 valence electrons. The van der Waals surface area contributed by atoms with Crippen molar-refractivity contribution in [1.29, 1.82) is 0 Å². The molecule has 5 rings (SSSR count). The number of fused-ring (bicyclic) bond motifs is 2. The van der Waals surface area contributed by atoms with Crippen LogP contribution in [0.2, 0.25) is 0 Å². The second-order valence-electron chi connectivity index (χ2n) is 7.70. The molecule has 0 aliphatic carbocycles. The van der Waals surface area contributed by atoms with Crippen LogP contribution in [-0.2, 0) is 0 Å². The van der Waals surface area contributed by atoms with Crippen LogP contribution in [0.5, 0.6) is 0 Å². The van der Waals surface area contributed by atoms with Gasteiger partial charge in [0.15, 0.2) is 0 Å². The molecule has 2 aliphatic rings. The summed E-state index contributed by atoms with van der Waals surface area (Å²) >= 11 is 0. The number of pyridine rings is 1. The van der Waals surface area contributed by atoms with E-state index in [1.807, 2.05) is 18.2 Å². The normalized spacial score (nSPS) is 21.7. The third kappa shape index (κ3) is 2.21. The molecule has 0 amide bonds. The molecule has 0 N–H and O–H groups in total. The third-order valence-electron chi connectivity index (χ3n) is 6.06. The summed E-state index contributed by atoms with van der Waals surface area (Å²) in [5, 5.41) is 1.03. The molecule has 0 saturated carbocycles. The minimum Gasteiger partial charge on any atom is -0.422 e. The Bertz CT molecular complexity index is 1050. The van der Waals surface area contributed by atoms with Crippen LogP contribution >= 0.6 is 0 Å². The maximum absolute atomic E-state index is 12.7. The highest BCUT2D eigenvalue weighted by molar-refractivity contribution is 5.91. The lowest BCUT2D eigenvalue weighted by molar-refractivity contribution is 0.524. The van der Waals surface area contributed by atoms with Crippen LogP contribution in [0, 0.1) is 0 Å². The smallest absolute Gasteiger partial charge is 0.344 e. The summed E-state index contributed by atoms with van der Waals surface area (Å²) in [5.74, 6) is 0.940. The Morgan fingerprint density at radius 2 is 1.81 bits per heavy atom. The van der Waals surface area contributed by atoms with Gasteiger partial charge in [-0.05, 0) is 60.1 Å². The van der Waals surface area contributed by atoms with Gasteiger partial charge in [-0.25, -0.2) is 4.79 Å². The van der Waals surface area contributed by atoms with Crippen LogP contribution in [0.15, 0.2) is 45.9 Å². The molecule has 3 aromatic rings. The van der Waals surface area contributed by atoms with Crippen LogP contribution in [0.3, 0.4) is 0 Å². The fourth-order valence-electron chi connectivity index (χ4n) is 4.56. The molecule has 4 heteroatoms. The molecule has 0 saturated heterocycles. The van der Waals surface area contributed by atoms with Crippen molar-refractivity contribution in [2.24, 2.45) is 0 Å². The molecule has 0 spiro atoms. The molecule has 4 heterocycles. The first kappa shape index (κ1) is 15.6. The van der Waals surface area contributed by atoms with Crippen molar-refractivity contribution in [3.8, 4) is 11.1 Å².